The van der Waals surface area contributed by atoms with Crippen LogP contribution in [0.15, 0.2) is 46.6 Å². The Morgan fingerprint density at radius 2 is 2.26 bits per heavy atom. The fraction of sp³-hybridized carbons (Fsp3) is 0.267. The molecule has 0 unspecified atom stereocenters. The molecule has 4 nitrogen and oxygen atoms in total. The van der Waals surface area contributed by atoms with Gasteiger partial charge in [0.05, 0.1) is 0 Å². The van der Waals surface area contributed by atoms with Gasteiger partial charge in [0.15, 0.2) is 5.76 Å². The number of furan rings is 1. The van der Waals surface area contributed by atoms with Gasteiger partial charge in [0.2, 0.25) is 5.78 Å². The van der Waals surface area contributed by atoms with Crippen LogP contribution in [0.3, 0.4) is 0 Å². The van der Waals surface area contributed by atoms with Crippen molar-refractivity contribution in [2.45, 2.75) is 6.42 Å². The molecule has 4 heteroatoms. The first kappa shape index (κ1) is 11.8. The summed E-state index contributed by atoms with van der Waals surface area (Å²) in [4.78, 5) is 14.2. The summed E-state index contributed by atoms with van der Waals surface area (Å²) < 4.78 is 5.57. The number of benzene rings is 1. The number of ketones is 1. The van der Waals surface area contributed by atoms with Crippen molar-refractivity contribution in [2.75, 3.05) is 20.1 Å². The Hall–Kier alpha value is -2.23. The molecule has 1 aliphatic rings. The first-order valence-electron chi connectivity index (χ1n) is 6.44. The van der Waals surface area contributed by atoms with E-state index in [0.717, 1.165) is 36.3 Å². The van der Waals surface area contributed by atoms with E-state index >= 15 is 0 Å². The average Bonchev–Trinajstić information content (AvgIpc) is 2.85. The van der Waals surface area contributed by atoms with Crippen molar-refractivity contribution >= 4 is 16.8 Å². The second kappa shape index (κ2) is 4.80. The molecule has 2 aromatic rings. The Morgan fingerprint density at radius 3 is 3.05 bits per heavy atom. The molecule has 0 radical (unpaired) electrons. The predicted molar refractivity (Wildman–Crippen MR) is 73.9 cm³/mol. The van der Waals surface area contributed by atoms with E-state index in [0.29, 0.717) is 5.76 Å². The monoisotopic (exact) mass is 256 g/mol. The number of hydrogen-bond donors (Lipinski definition) is 1. The molecule has 1 fully saturated rings. The van der Waals surface area contributed by atoms with E-state index in [2.05, 4.69) is 5.32 Å². The standard InChI is InChI=1S/C15H16N2O2/c1-17-8-4-7-16-15(17)10-12(18)14-9-11-5-2-3-6-13(11)19-14/h2-3,5-6,9-10,16H,4,7-8H2,1H3/b15-10+. The number of hydrogen-bond acceptors (Lipinski definition) is 4. The highest BCUT2D eigenvalue weighted by Crippen LogP contribution is 2.20. The van der Waals surface area contributed by atoms with E-state index in [9.17, 15) is 4.79 Å². The van der Waals surface area contributed by atoms with Crippen molar-refractivity contribution in [2.24, 2.45) is 0 Å². The van der Waals surface area contributed by atoms with Gasteiger partial charge in [-0.3, -0.25) is 4.79 Å². The number of nitrogens with one attached hydrogen (secondary N) is 1. The fourth-order valence-corrected chi connectivity index (χ4v) is 2.25. The summed E-state index contributed by atoms with van der Waals surface area (Å²) in [5.41, 5.74) is 0.745. The zero-order chi connectivity index (χ0) is 13.2. The number of allylic oxidation sites excluding steroid dienone is 1. The highest BCUT2D eigenvalue weighted by atomic mass is 16.3. The number of rotatable bonds is 2. The van der Waals surface area contributed by atoms with Crippen molar-refractivity contribution in [3.63, 3.8) is 0 Å². The van der Waals surface area contributed by atoms with Crippen LogP contribution in [0.2, 0.25) is 0 Å². The van der Waals surface area contributed by atoms with E-state index < -0.39 is 0 Å². The predicted octanol–water partition coefficient (Wildman–Crippen LogP) is 2.38. The normalized spacial score (nSPS) is 17.7. The van der Waals surface area contributed by atoms with E-state index in [1.807, 2.05) is 36.2 Å². The Kier molecular flexibility index (Phi) is 2.99. The minimum Gasteiger partial charge on any atom is -0.453 e. The maximum atomic E-state index is 12.2. The van der Waals surface area contributed by atoms with Crippen LogP contribution in [-0.4, -0.2) is 30.8 Å². The summed E-state index contributed by atoms with van der Waals surface area (Å²) in [6, 6.07) is 9.42. The average molecular weight is 256 g/mol. The zero-order valence-corrected chi connectivity index (χ0v) is 10.8. The summed E-state index contributed by atoms with van der Waals surface area (Å²) in [7, 11) is 1.98. The number of carbonyl (C=O) groups excluding carboxylic acids is 1. The van der Waals surface area contributed by atoms with Gasteiger partial charge in [0, 0.05) is 31.6 Å². The van der Waals surface area contributed by atoms with Gasteiger partial charge in [-0.15, -0.1) is 0 Å². The maximum absolute atomic E-state index is 12.2. The van der Waals surface area contributed by atoms with Gasteiger partial charge in [0.1, 0.15) is 11.4 Å². The van der Waals surface area contributed by atoms with Gasteiger partial charge >= 0.3 is 0 Å². The van der Waals surface area contributed by atoms with Crippen molar-refractivity contribution in [3.05, 3.63) is 48.0 Å². The molecule has 0 saturated carbocycles. The third kappa shape index (κ3) is 2.34. The number of fused-ring (bicyclic) bond motifs is 1. The van der Waals surface area contributed by atoms with E-state index in [4.69, 9.17) is 4.42 Å². The lowest BCUT2D eigenvalue weighted by atomic mass is 10.2. The first-order valence-corrected chi connectivity index (χ1v) is 6.44. The summed E-state index contributed by atoms with van der Waals surface area (Å²) in [6.07, 6.45) is 2.70. The van der Waals surface area contributed by atoms with Gasteiger partial charge in [-0.2, -0.15) is 0 Å². The lowest BCUT2D eigenvalue weighted by molar-refractivity contribution is 0.101. The molecule has 2 heterocycles. The number of carbonyl (C=O) groups is 1. The molecule has 98 valence electrons. The Balaban J connectivity index is 1.89. The molecule has 0 atom stereocenters. The summed E-state index contributed by atoms with van der Waals surface area (Å²) >= 11 is 0. The molecule has 3 rings (SSSR count). The molecule has 0 amide bonds. The molecule has 0 spiro atoms. The molecule has 0 bridgehead atoms. The molecular weight excluding hydrogens is 240 g/mol. The van der Waals surface area contributed by atoms with Crippen LogP contribution in [0.25, 0.3) is 11.0 Å². The van der Waals surface area contributed by atoms with Crippen LogP contribution >= 0.6 is 0 Å². The van der Waals surface area contributed by atoms with Crippen LogP contribution in [0.1, 0.15) is 17.0 Å². The second-order valence-corrected chi connectivity index (χ2v) is 4.74. The maximum Gasteiger partial charge on any atom is 0.224 e. The van der Waals surface area contributed by atoms with Gasteiger partial charge in [0.25, 0.3) is 0 Å². The van der Waals surface area contributed by atoms with Gasteiger partial charge < -0.3 is 14.6 Å². The molecule has 19 heavy (non-hydrogen) atoms. The van der Waals surface area contributed by atoms with E-state index in [-0.39, 0.29) is 5.78 Å². The largest absolute Gasteiger partial charge is 0.453 e. The smallest absolute Gasteiger partial charge is 0.224 e. The molecule has 1 saturated heterocycles. The minimum atomic E-state index is -0.104. The minimum absolute atomic E-state index is 0.104. The van der Waals surface area contributed by atoms with E-state index in [1.165, 1.54) is 0 Å². The summed E-state index contributed by atoms with van der Waals surface area (Å²) in [6.45, 7) is 1.87. The molecule has 1 N–H and O–H groups in total. The van der Waals surface area contributed by atoms with Crippen LogP contribution < -0.4 is 5.32 Å². The molecular formula is C15H16N2O2. The third-order valence-electron chi connectivity index (χ3n) is 3.32. The number of para-hydroxylation sites is 1. The molecule has 1 aliphatic heterocycles. The van der Waals surface area contributed by atoms with Crippen LogP contribution in [-0.2, 0) is 0 Å². The zero-order valence-electron chi connectivity index (χ0n) is 10.8. The van der Waals surface area contributed by atoms with Crippen LogP contribution in [0.5, 0.6) is 0 Å². The number of nitrogens with zero attached hydrogens (tertiary/aromatic N) is 1. The third-order valence-corrected chi connectivity index (χ3v) is 3.32. The van der Waals surface area contributed by atoms with Crippen LogP contribution in [0, 0.1) is 0 Å². The SMILES string of the molecule is CN1CCCN/C1=C\C(=O)c1cc2ccccc2o1. The molecule has 0 aliphatic carbocycles. The van der Waals surface area contributed by atoms with Crippen molar-refractivity contribution in [1.82, 2.24) is 10.2 Å². The van der Waals surface area contributed by atoms with Crippen molar-refractivity contribution in [1.29, 1.82) is 0 Å². The quantitative estimate of drug-likeness (QED) is 0.662. The highest BCUT2D eigenvalue weighted by Gasteiger charge is 2.15. The van der Waals surface area contributed by atoms with Crippen molar-refractivity contribution < 1.29 is 9.21 Å². The Bertz CT molecular complexity index is 609. The van der Waals surface area contributed by atoms with E-state index in [1.54, 1.807) is 12.1 Å². The van der Waals surface area contributed by atoms with Gasteiger partial charge in [-0.25, -0.2) is 0 Å². The van der Waals surface area contributed by atoms with Gasteiger partial charge in [-0.05, 0) is 18.6 Å². The summed E-state index contributed by atoms with van der Waals surface area (Å²) in [5, 5.41) is 4.18. The molecule has 1 aromatic carbocycles. The Labute approximate surface area is 111 Å². The topological polar surface area (TPSA) is 45.5 Å². The highest BCUT2D eigenvalue weighted by molar-refractivity contribution is 6.05. The van der Waals surface area contributed by atoms with Crippen molar-refractivity contribution in [3.8, 4) is 0 Å². The second-order valence-electron chi connectivity index (χ2n) is 4.74. The fourth-order valence-electron chi connectivity index (χ4n) is 2.25. The lowest BCUT2D eigenvalue weighted by Gasteiger charge is -2.28. The van der Waals surface area contributed by atoms with Gasteiger partial charge in [-0.1, -0.05) is 18.2 Å². The lowest BCUT2D eigenvalue weighted by Crippen LogP contribution is -2.37. The summed E-state index contributed by atoms with van der Waals surface area (Å²) in [5.74, 6) is 1.14. The molecule has 1 aromatic heterocycles. The first-order chi connectivity index (χ1) is 9.24. The Morgan fingerprint density at radius 1 is 1.42 bits per heavy atom. The van der Waals surface area contributed by atoms with Crippen LogP contribution in [0.4, 0.5) is 0 Å².